The zero-order valence-corrected chi connectivity index (χ0v) is 19.7. The van der Waals surface area contributed by atoms with Crippen LogP contribution in [0.25, 0.3) is 16.7 Å². The fourth-order valence-corrected chi connectivity index (χ4v) is 4.82. The lowest BCUT2D eigenvalue weighted by Gasteiger charge is -2.38. The summed E-state index contributed by atoms with van der Waals surface area (Å²) >= 11 is 0. The van der Waals surface area contributed by atoms with Crippen molar-refractivity contribution in [3.8, 4) is 5.69 Å². The highest BCUT2D eigenvalue weighted by atomic mass is 16.3. The number of carbonyl (C=O) groups is 1. The smallest absolute Gasteiger partial charge is 0.262 e. The van der Waals surface area contributed by atoms with E-state index in [0.717, 1.165) is 11.3 Å². The topological polar surface area (TPSA) is 93.2 Å². The molecule has 5 rings (SSSR count). The number of rotatable bonds is 6. The fourth-order valence-electron chi connectivity index (χ4n) is 4.82. The molecule has 1 saturated heterocycles. The summed E-state index contributed by atoms with van der Waals surface area (Å²) in [5, 5.41) is 11.7. The molecule has 4 aromatic rings. The van der Waals surface area contributed by atoms with E-state index in [4.69, 9.17) is 0 Å². The molecule has 1 amide bonds. The summed E-state index contributed by atoms with van der Waals surface area (Å²) in [6, 6.07) is 15.5. The Bertz CT molecular complexity index is 1370. The number of piperidine rings is 1. The van der Waals surface area contributed by atoms with Crippen LogP contribution in [0.3, 0.4) is 0 Å². The Labute approximate surface area is 203 Å². The van der Waals surface area contributed by atoms with E-state index in [1.165, 1.54) is 10.9 Å². The lowest BCUT2D eigenvalue weighted by molar-refractivity contribution is -0.136. The fraction of sp³-hybridized carbons (Fsp3) is 0.333. The van der Waals surface area contributed by atoms with Crippen molar-refractivity contribution in [1.82, 2.24) is 24.0 Å². The molecule has 35 heavy (non-hydrogen) atoms. The summed E-state index contributed by atoms with van der Waals surface area (Å²) in [5.74, 6) is 0.237. The Kier molecular flexibility index (Phi) is 6.21. The summed E-state index contributed by atoms with van der Waals surface area (Å²) in [5.41, 5.74) is 1.34. The normalized spacial score (nSPS) is 16.3. The second kappa shape index (κ2) is 9.46. The van der Waals surface area contributed by atoms with Gasteiger partial charge in [0.1, 0.15) is 6.33 Å². The SMILES string of the molecule is C[C@H](CC(=O)N1CCC(O)(Cn2cnc3c(ccn3-c3ccncc3)c2=O)CC1)c1ccccc1. The quantitative estimate of drug-likeness (QED) is 0.466. The molecule has 0 unspecified atom stereocenters. The van der Waals surface area contributed by atoms with Crippen molar-refractivity contribution < 1.29 is 9.90 Å². The van der Waals surface area contributed by atoms with Gasteiger partial charge in [0.25, 0.3) is 5.56 Å². The minimum atomic E-state index is -1.06. The molecule has 3 aromatic heterocycles. The van der Waals surface area contributed by atoms with E-state index in [0.29, 0.717) is 43.4 Å². The van der Waals surface area contributed by atoms with Crippen LogP contribution in [-0.2, 0) is 11.3 Å². The minimum absolute atomic E-state index is 0.0982. The molecular weight excluding hydrogens is 442 g/mol. The van der Waals surface area contributed by atoms with Gasteiger partial charge in [-0.05, 0) is 42.5 Å². The number of pyridine rings is 1. The van der Waals surface area contributed by atoms with Crippen LogP contribution in [0, 0.1) is 0 Å². The number of fused-ring (bicyclic) bond motifs is 1. The van der Waals surface area contributed by atoms with Crippen LogP contribution >= 0.6 is 0 Å². The Morgan fingerprint density at radius 3 is 2.51 bits per heavy atom. The maximum Gasteiger partial charge on any atom is 0.262 e. The molecule has 1 aliphatic rings. The summed E-state index contributed by atoms with van der Waals surface area (Å²) < 4.78 is 3.33. The highest BCUT2D eigenvalue weighted by Crippen LogP contribution is 2.26. The van der Waals surface area contributed by atoms with E-state index < -0.39 is 5.60 Å². The number of aromatic nitrogens is 4. The first-order chi connectivity index (χ1) is 16.9. The number of hydrogen-bond acceptors (Lipinski definition) is 5. The summed E-state index contributed by atoms with van der Waals surface area (Å²) in [6.45, 7) is 3.15. The Balaban J connectivity index is 1.25. The third-order valence-corrected chi connectivity index (χ3v) is 6.97. The van der Waals surface area contributed by atoms with Gasteiger partial charge in [0.15, 0.2) is 5.65 Å². The second-order valence-electron chi connectivity index (χ2n) is 9.43. The van der Waals surface area contributed by atoms with Gasteiger partial charge in [0, 0.05) is 38.1 Å². The third-order valence-electron chi connectivity index (χ3n) is 6.97. The zero-order valence-electron chi connectivity index (χ0n) is 19.7. The molecule has 180 valence electrons. The van der Waals surface area contributed by atoms with Gasteiger partial charge in [-0.3, -0.25) is 19.1 Å². The molecule has 1 atom stereocenters. The highest BCUT2D eigenvalue weighted by Gasteiger charge is 2.35. The van der Waals surface area contributed by atoms with Crippen molar-refractivity contribution in [2.24, 2.45) is 0 Å². The third kappa shape index (κ3) is 4.74. The first kappa shape index (κ1) is 23.0. The maximum absolute atomic E-state index is 13.1. The van der Waals surface area contributed by atoms with Crippen molar-refractivity contribution >= 4 is 16.9 Å². The van der Waals surface area contributed by atoms with E-state index in [9.17, 15) is 14.7 Å². The zero-order chi connectivity index (χ0) is 24.4. The van der Waals surface area contributed by atoms with Crippen molar-refractivity contribution in [2.45, 2.75) is 44.2 Å². The lowest BCUT2D eigenvalue weighted by Crippen LogP contribution is -2.49. The molecule has 0 saturated carbocycles. The van der Waals surface area contributed by atoms with E-state index in [-0.39, 0.29) is 23.9 Å². The highest BCUT2D eigenvalue weighted by molar-refractivity contribution is 5.77. The molecule has 1 aromatic carbocycles. The van der Waals surface area contributed by atoms with Crippen LogP contribution in [-0.4, -0.2) is 53.7 Å². The average Bonchev–Trinajstić information content (AvgIpc) is 3.32. The summed E-state index contributed by atoms with van der Waals surface area (Å²) in [6.07, 6.45) is 7.97. The van der Waals surface area contributed by atoms with E-state index in [2.05, 4.69) is 16.9 Å². The van der Waals surface area contributed by atoms with Gasteiger partial charge in [-0.1, -0.05) is 37.3 Å². The van der Waals surface area contributed by atoms with Gasteiger partial charge in [0.2, 0.25) is 5.91 Å². The maximum atomic E-state index is 13.1. The second-order valence-corrected chi connectivity index (χ2v) is 9.43. The average molecular weight is 472 g/mol. The van der Waals surface area contributed by atoms with Gasteiger partial charge in [0.05, 0.1) is 23.2 Å². The molecular formula is C27H29N5O3. The Hall–Kier alpha value is -3.78. The largest absolute Gasteiger partial charge is 0.388 e. The number of amides is 1. The van der Waals surface area contributed by atoms with Gasteiger partial charge in [-0.2, -0.15) is 0 Å². The van der Waals surface area contributed by atoms with Gasteiger partial charge < -0.3 is 14.6 Å². The molecule has 0 radical (unpaired) electrons. The molecule has 8 nitrogen and oxygen atoms in total. The number of hydrogen-bond donors (Lipinski definition) is 1. The standard InChI is InChI=1S/C27H29N5O3/c1-20(21-5-3-2-4-6-21)17-24(33)30-15-10-27(35,11-16-30)18-31-19-29-25-23(26(31)34)9-14-32(25)22-7-12-28-13-8-22/h2-9,12-14,19-20,35H,10-11,15-18H2,1H3/t20-/m1/s1. The Morgan fingerprint density at radius 2 is 1.80 bits per heavy atom. The van der Waals surface area contributed by atoms with Crippen LogP contribution in [0.4, 0.5) is 0 Å². The van der Waals surface area contributed by atoms with Crippen LogP contribution in [0.15, 0.2) is 78.2 Å². The predicted molar refractivity (Wildman–Crippen MR) is 133 cm³/mol. The van der Waals surface area contributed by atoms with Crippen molar-refractivity contribution in [2.75, 3.05) is 13.1 Å². The molecule has 0 spiro atoms. The van der Waals surface area contributed by atoms with Crippen molar-refractivity contribution in [3.05, 3.63) is 89.4 Å². The van der Waals surface area contributed by atoms with Gasteiger partial charge in [-0.25, -0.2) is 4.98 Å². The van der Waals surface area contributed by atoms with Crippen molar-refractivity contribution in [3.63, 3.8) is 0 Å². The molecule has 8 heteroatoms. The molecule has 0 aliphatic carbocycles. The van der Waals surface area contributed by atoms with E-state index in [1.54, 1.807) is 18.5 Å². The first-order valence-electron chi connectivity index (χ1n) is 12.0. The van der Waals surface area contributed by atoms with E-state index >= 15 is 0 Å². The molecule has 4 heterocycles. The van der Waals surface area contributed by atoms with Crippen LogP contribution in [0.1, 0.15) is 37.7 Å². The number of aliphatic hydroxyl groups is 1. The number of nitrogens with zero attached hydrogens (tertiary/aromatic N) is 5. The van der Waals surface area contributed by atoms with Crippen LogP contribution in [0.5, 0.6) is 0 Å². The summed E-state index contributed by atoms with van der Waals surface area (Å²) in [4.78, 5) is 36.4. The number of likely N-dealkylation sites (tertiary alicyclic amines) is 1. The molecule has 1 aliphatic heterocycles. The van der Waals surface area contributed by atoms with Crippen molar-refractivity contribution in [1.29, 1.82) is 0 Å². The molecule has 1 fully saturated rings. The van der Waals surface area contributed by atoms with Crippen LogP contribution in [0.2, 0.25) is 0 Å². The number of benzene rings is 1. The van der Waals surface area contributed by atoms with E-state index in [1.807, 2.05) is 58.1 Å². The minimum Gasteiger partial charge on any atom is -0.388 e. The molecule has 0 bridgehead atoms. The number of carbonyl (C=O) groups excluding carboxylic acids is 1. The lowest BCUT2D eigenvalue weighted by atomic mass is 9.90. The predicted octanol–water partition coefficient (Wildman–Crippen LogP) is 3.13. The first-order valence-corrected chi connectivity index (χ1v) is 12.0. The molecule has 1 N–H and O–H groups in total. The van der Waals surface area contributed by atoms with Gasteiger partial charge >= 0.3 is 0 Å². The van der Waals surface area contributed by atoms with Crippen LogP contribution < -0.4 is 5.56 Å². The Morgan fingerprint density at radius 1 is 1.09 bits per heavy atom. The van der Waals surface area contributed by atoms with Gasteiger partial charge in [-0.15, -0.1) is 0 Å². The monoisotopic (exact) mass is 471 g/mol. The summed E-state index contributed by atoms with van der Waals surface area (Å²) in [7, 11) is 0.